The second-order valence-corrected chi connectivity index (χ2v) is 9.39. The molecule has 0 spiro atoms. The molecule has 3 heteroatoms. The Labute approximate surface area is 133 Å². The van der Waals surface area contributed by atoms with Gasteiger partial charge in [-0.2, -0.15) is 0 Å². The summed E-state index contributed by atoms with van der Waals surface area (Å²) in [4.78, 5) is 12.3. The normalized spacial score (nSPS) is 13.7. The zero-order valence-corrected chi connectivity index (χ0v) is 15.4. The number of aryl methyl sites for hydroxylation is 1. The van der Waals surface area contributed by atoms with Crippen LogP contribution in [0.5, 0.6) is 0 Å². The van der Waals surface area contributed by atoms with Gasteiger partial charge in [0.25, 0.3) is 0 Å². The third-order valence-corrected chi connectivity index (χ3v) is 7.69. The van der Waals surface area contributed by atoms with Crippen LogP contribution in [0.3, 0.4) is 0 Å². The molecule has 2 aromatic rings. The molecule has 0 fully saturated rings. The van der Waals surface area contributed by atoms with Gasteiger partial charge in [0.15, 0.2) is 0 Å². The molecule has 3 rings (SSSR count). The van der Waals surface area contributed by atoms with Crippen molar-refractivity contribution in [2.45, 2.75) is 26.7 Å². The van der Waals surface area contributed by atoms with E-state index in [9.17, 15) is 4.79 Å². The van der Waals surface area contributed by atoms with Crippen molar-refractivity contribution in [1.82, 2.24) is 5.32 Å². The zero-order chi connectivity index (χ0) is 15.0. The predicted octanol–water partition coefficient (Wildman–Crippen LogP) is 2.75. The first-order valence-electron chi connectivity index (χ1n) is 7.12. The minimum atomic E-state index is -0.909. The van der Waals surface area contributed by atoms with Crippen molar-refractivity contribution in [1.29, 1.82) is 0 Å². The van der Waals surface area contributed by atoms with Gasteiger partial charge in [-0.05, 0) is 0 Å². The third-order valence-electron chi connectivity index (χ3n) is 3.73. The Kier molecular flexibility index (Phi) is 3.90. The Morgan fingerprint density at radius 1 is 1.05 bits per heavy atom. The summed E-state index contributed by atoms with van der Waals surface area (Å²) < 4.78 is 2.44. The summed E-state index contributed by atoms with van der Waals surface area (Å²) in [5.41, 5.74) is 4.69. The quantitative estimate of drug-likeness (QED) is 0.753. The van der Waals surface area contributed by atoms with Crippen molar-refractivity contribution >= 4 is 13.9 Å². The van der Waals surface area contributed by atoms with Gasteiger partial charge < -0.3 is 0 Å². The number of fused-ring (bicyclic) bond motifs is 1. The number of hydrogen-bond acceptors (Lipinski definition) is 1. The Bertz CT molecular complexity index is 747. The molecule has 0 aromatic heterocycles. The van der Waals surface area contributed by atoms with Crippen LogP contribution < -0.4 is 9.27 Å². The minimum absolute atomic E-state index is 0.0409. The Morgan fingerprint density at radius 3 is 2.52 bits per heavy atom. The van der Waals surface area contributed by atoms with Crippen LogP contribution in [-0.4, -0.2) is 9.93 Å². The molecule has 107 valence electrons. The van der Waals surface area contributed by atoms with Crippen LogP contribution in [0.2, 0.25) is 0 Å². The van der Waals surface area contributed by atoms with Crippen LogP contribution in [0.4, 0.5) is 0 Å². The van der Waals surface area contributed by atoms with Gasteiger partial charge in [-0.25, -0.2) is 0 Å². The number of hydrogen-bond donors (Lipinski definition) is 1. The van der Waals surface area contributed by atoms with Crippen molar-refractivity contribution in [3.63, 3.8) is 0 Å². The summed E-state index contributed by atoms with van der Waals surface area (Å²) in [5, 5.41) is 3.13. The molecule has 1 heterocycles. The molecule has 2 nitrogen and oxygen atoms in total. The summed E-state index contributed by atoms with van der Waals surface area (Å²) in [6.07, 6.45) is 0. The van der Waals surface area contributed by atoms with E-state index in [1.807, 2.05) is 18.2 Å². The predicted molar refractivity (Wildman–Crippen MR) is 82.9 cm³/mol. The molecule has 0 aliphatic carbocycles. The molecular formula is C18H18NOW. The second-order valence-electron chi connectivity index (χ2n) is 5.61. The fourth-order valence-electron chi connectivity index (χ4n) is 2.47. The molecule has 1 aliphatic rings. The molecule has 0 saturated heterocycles. The van der Waals surface area contributed by atoms with Crippen molar-refractivity contribution < 1.29 is 22.9 Å². The van der Waals surface area contributed by atoms with Gasteiger partial charge in [-0.15, -0.1) is 0 Å². The van der Waals surface area contributed by atoms with Gasteiger partial charge in [0.1, 0.15) is 0 Å². The second kappa shape index (κ2) is 5.69. The van der Waals surface area contributed by atoms with Gasteiger partial charge in [-0.1, -0.05) is 0 Å². The van der Waals surface area contributed by atoms with Gasteiger partial charge in [-0.3, -0.25) is 0 Å². The molecule has 21 heavy (non-hydrogen) atoms. The number of amides is 1. The molecule has 0 radical (unpaired) electrons. The molecule has 0 unspecified atom stereocenters. The SMILES string of the molecule is Cc1cc(C(C)C)ccc1[C]1=[W][c]2ccccc2C(=O)N1. The molecule has 1 N–H and O–H groups in total. The van der Waals surface area contributed by atoms with Crippen LogP contribution in [0.1, 0.15) is 46.8 Å². The van der Waals surface area contributed by atoms with E-state index in [1.165, 1.54) is 24.7 Å². The van der Waals surface area contributed by atoms with E-state index in [-0.39, 0.29) is 5.91 Å². The Balaban J connectivity index is 2.06. The van der Waals surface area contributed by atoms with Crippen molar-refractivity contribution in [3.8, 4) is 0 Å². The van der Waals surface area contributed by atoms with Crippen LogP contribution in [-0.2, 0) is 18.1 Å². The first kappa shape index (κ1) is 14.4. The van der Waals surface area contributed by atoms with Gasteiger partial charge in [0, 0.05) is 0 Å². The van der Waals surface area contributed by atoms with E-state index in [1.54, 1.807) is 0 Å². The monoisotopic (exact) mass is 448 g/mol. The summed E-state index contributed by atoms with van der Waals surface area (Å²) in [7, 11) is 0. The van der Waals surface area contributed by atoms with Crippen molar-refractivity contribution in [2.75, 3.05) is 0 Å². The fourth-order valence-corrected chi connectivity index (χ4v) is 6.50. The number of carbonyl (C=O) groups excluding carboxylic acids is 1. The first-order valence-corrected chi connectivity index (χ1v) is 10.1. The van der Waals surface area contributed by atoms with Crippen LogP contribution in [0.25, 0.3) is 0 Å². The van der Waals surface area contributed by atoms with E-state index < -0.39 is 18.1 Å². The van der Waals surface area contributed by atoms with E-state index in [0.717, 1.165) is 5.56 Å². The molecule has 2 aromatic carbocycles. The number of rotatable bonds is 2. The Hall–Kier alpha value is -1.53. The van der Waals surface area contributed by atoms with Crippen LogP contribution >= 0.6 is 0 Å². The maximum atomic E-state index is 12.3. The molecule has 0 bridgehead atoms. The van der Waals surface area contributed by atoms with Crippen LogP contribution in [0.15, 0.2) is 42.5 Å². The zero-order valence-electron chi connectivity index (χ0n) is 12.4. The van der Waals surface area contributed by atoms with E-state index >= 15 is 0 Å². The topological polar surface area (TPSA) is 29.1 Å². The molecule has 1 aliphatic heterocycles. The average Bonchev–Trinajstić information content (AvgIpc) is 2.47. The van der Waals surface area contributed by atoms with Crippen molar-refractivity contribution in [3.05, 3.63) is 64.7 Å². The van der Waals surface area contributed by atoms with Gasteiger partial charge in [0.2, 0.25) is 0 Å². The number of carbonyl (C=O) groups is 1. The average molecular weight is 448 g/mol. The molecule has 0 saturated carbocycles. The fraction of sp³-hybridized carbons (Fsp3) is 0.222. The third kappa shape index (κ3) is 2.78. The molecule has 1 amide bonds. The molecule has 0 atom stereocenters. The standard InChI is InChI=1S/C18H18NO.W/c1-13(2)16-9-10-17(14(3)11-16)12-19-18(20)15-7-5-4-6-8-15;/h4-7,9-11,13H,1-3H3,(H,19,20);. The van der Waals surface area contributed by atoms with Crippen molar-refractivity contribution in [2.24, 2.45) is 0 Å². The van der Waals surface area contributed by atoms with Gasteiger partial charge >= 0.3 is 134 Å². The van der Waals surface area contributed by atoms with E-state index in [0.29, 0.717) is 5.92 Å². The Morgan fingerprint density at radius 2 is 1.81 bits per heavy atom. The summed E-state index contributed by atoms with van der Waals surface area (Å²) in [6.45, 7) is 6.55. The number of benzene rings is 2. The van der Waals surface area contributed by atoms with Gasteiger partial charge in [0.05, 0.1) is 0 Å². The summed E-state index contributed by atoms with van der Waals surface area (Å²) in [6, 6.07) is 14.6. The number of nitrogens with one attached hydrogen (secondary N) is 1. The first-order chi connectivity index (χ1) is 10.1. The molecular weight excluding hydrogens is 430 g/mol. The summed E-state index contributed by atoms with van der Waals surface area (Å²) >= 11 is -0.909. The van der Waals surface area contributed by atoms with Crippen LogP contribution in [0, 0.1) is 6.92 Å². The van der Waals surface area contributed by atoms with E-state index in [2.05, 4.69) is 50.4 Å². The van der Waals surface area contributed by atoms with E-state index in [4.69, 9.17) is 0 Å². The maximum absolute atomic E-state index is 12.3. The summed E-state index contributed by atoms with van der Waals surface area (Å²) in [5.74, 6) is 0.573.